The van der Waals surface area contributed by atoms with E-state index in [1.165, 1.54) is 24.3 Å². The quantitative estimate of drug-likeness (QED) is 0.537. The molecule has 0 spiro atoms. The maximum atomic E-state index is 13.2. The van der Waals surface area contributed by atoms with Crippen molar-refractivity contribution in [1.29, 1.82) is 0 Å². The molecule has 27 heavy (non-hydrogen) atoms. The number of nitrogens with zero attached hydrogens (tertiary/aromatic N) is 2. The molecule has 0 bridgehead atoms. The molecule has 0 atom stereocenters. The van der Waals surface area contributed by atoms with Crippen LogP contribution in [0.1, 0.15) is 5.56 Å². The number of aromatic nitrogens is 2. The van der Waals surface area contributed by atoms with E-state index in [4.69, 9.17) is 10.5 Å². The Morgan fingerprint density at radius 3 is 2.48 bits per heavy atom. The van der Waals surface area contributed by atoms with Crippen LogP contribution in [-0.4, -0.2) is 28.3 Å². The summed E-state index contributed by atoms with van der Waals surface area (Å²) in [5, 5.41) is 4.55. The second kappa shape index (κ2) is 8.09. The highest BCUT2D eigenvalue weighted by atomic mass is 19.1. The number of rotatable bonds is 6. The molecule has 7 heteroatoms. The molecule has 3 aromatic rings. The van der Waals surface area contributed by atoms with Crippen LogP contribution in [0.4, 0.5) is 4.39 Å². The maximum absolute atomic E-state index is 13.2. The number of ether oxygens (including phenoxy) is 1. The number of amides is 1. The Kier molecular flexibility index (Phi) is 5.41. The van der Waals surface area contributed by atoms with E-state index in [0.717, 1.165) is 5.69 Å². The number of para-hydroxylation sites is 1. The second-order valence-electron chi connectivity index (χ2n) is 5.63. The first-order valence-electron chi connectivity index (χ1n) is 8.07. The van der Waals surface area contributed by atoms with Gasteiger partial charge in [-0.2, -0.15) is 5.10 Å². The van der Waals surface area contributed by atoms with Crippen LogP contribution in [0.25, 0.3) is 23.0 Å². The molecule has 1 heterocycles. The summed E-state index contributed by atoms with van der Waals surface area (Å²) < 4.78 is 19.6. The van der Waals surface area contributed by atoms with Gasteiger partial charge in [0.05, 0.1) is 11.4 Å². The molecule has 0 saturated heterocycles. The molecule has 0 aliphatic heterocycles. The van der Waals surface area contributed by atoms with Gasteiger partial charge in [0.2, 0.25) is 0 Å². The molecule has 0 aliphatic carbocycles. The summed E-state index contributed by atoms with van der Waals surface area (Å²) in [5.41, 5.74) is 7.66. The third kappa shape index (κ3) is 4.66. The molecule has 0 saturated carbocycles. The summed E-state index contributed by atoms with van der Waals surface area (Å²) in [5.74, 6) is -1.79. The third-order valence-electron chi connectivity index (χ3n) is 3.64. The van der Waals surface area contributed by atoms with Crippen molar-refractivity contribution in [3.05, 3.63) is 78.3 Å². The van der Waals surface area contributed by atoms with E-state index in [1.807, 2.05) is 30.3 Å². The molecule has 6 nitrogen and oxygen atoms in total. The minimum absolute atomic E-state index is 0.353. The van der Waals surface area contributed by atoms with Gasteiger partial charge in [0, 0.05) is 23.4 Å². The van der Waals surface area contributed by atoms with Gasteiger partial charge in [-0.25, -0.2) is 13.9 Å². The standard InChI is InChI=1S/C20H16FN3O3/c21-16-9-6-14(7-10-16)20-15(8-11-19(26)27-13-18(22)25)12-24(23-20)17-4-2-1-3-5-17/h1-12H,13H2,(H2,22,25)/b11-8+. The minimum Gasteiger partial charge on any atom is -0.452 e. The number of carbonyl (C=O) groups excluding carboxylic acids is 2. The summed E-state index contributed by atoms with van der Waals surface area (Å²) in [6, 6.07) is 15.3. The molecule has 1 amide bonds. The van der Waals surface area contributed by atoms with Crippen LogP contribution in [0.5, 0.6) is 0 Å². The average molecular weight is 365 g/mol. The lowest BCUT2D eigenvalue weighted by Crippen LogP contribution is -2.19. The summed E-state index contributed by atoms with van der Waals surface area (Å²) in [4.78, 5) is 22.4. The summed E-state index contributed by atoms with van der Waals surface area (Å²) in [6.07, 6.45) is 4.45. The topological polar surface area (TPSA) is 87.2 Å². The SMILES string of the molecule is NC(=O)COC(=O)/C=C/c1cn(-c2ccccc2)nc1-c1ccc(F)cc1. The molecule has 0 aliphatic rings. The lowest BCUT2D eigenvalue weighted by atomic mass is 10.1. The van der Waals surface area contributed by atoms with Gasteiger partial charge in [0.15, 0.2) is 6.61 Å². The Morgan fingerprint density at radius 1 is 1.11 bits per heavy atom. The van der Waals surface area contributed by atoms with Crippen molar-refractivity contribution < 1.29 is 18.7 Å². The highest BCUT2D eigenvalue weighted by molar-refractivity contribution is 5.90. The zero-order valence-corrected chi connectivity index (χ0v) is 14.2. The molecule has 0 radical (unpaired) electrons. The Hall–Kier alpha value is -3.74. The van der Waals surface area contributed by atoms with Crippen LogP contribution < -0.4 is 5.73 Å². The Bertz CT molecular complexity index is 979. The van der Waals surface area contributed by atoms with Crippen LogP contribution in [0.15, 0.2) is 66.9 Å². The molecular weight excluding hydrogens is 349 g/mol. The van der Waals surface area contributed by atoms with Gasteiger partial charge in [-0.15, -0.1) is 0 Å². The first-order valence-corrected chi connectivity index (χ1v) is 8.07. The largest absolute Gasteiger partial charge is 0.452 e. The summed E-state index contributed by atoms with van der Waals surface area (Å²) in [7, 11) is 0. The Morgan fingerprint density at radius 2 is 1.81 bits per heavy atom. The number of halogens is 1. The van der Waals surface area contributed by atoms with Crippen molar-refractivity contribution in [2.24, 2.45) is 5.73 Å². The fourth-order valence-corrected chi connectivity index (χ4v) is 2.40. The van der Waals surface area contributed by atoms with Crippen molar-refractivity contribution in [3.63, 3.8) is 0 Å². The van der Waals surface area contributed by atoms with Gasteiger partial charge in [-0.1, -0.05) is 18.2 Å². The van der Waals surface area contributed by atoms with Gasteiger partial charge in [-0.3, -0.25) is 4.79 Å². The number of nitrogens with two attached hydrogens (primary N) is 1. The van der Waals surface area contributed by atoms with Crippen LogP contribution in [0.3, 0.4) is 0 Å². The van der Waals surface area contributed by atoms with Crippen LogP contribution in [-0.2, 0) is 14.3 Å². The summed E-state index contributed by atoms with van der Waals surface area (Å²) in [6.45, 7) is -0.489. The van der Waals surface area contributed by atoms with Crippen LogP contribution >= 0.6 is 0 Å². The average Bonchev–Trinajstić information content (AvgIpc) is 3.10. The van der Waals surface area contributed by atoms with E-state index >= 15 is 0 Å². The van der Waals surface area contributed by atoms with E-state index in [0.29, 0.717) is 16.8 Å². The molecule has 2 aromatic carbocycles. The Labute approximate surface area is 154 Å². The number of benzene rings is 2. The first-order chi connectivity index (χ1) is 13.0. The van der Waals surface area contributed by atoms with Crippen molar-refractivity contribution in [2.75, 3.05) is 6.61 Å². The van der Waals surface area contributed by atoms with Gasteiger partial charge >= 0.3 is 5.97 Å². The van der Waals surface area contributed by atoms with Gasteiger partial charge in [0.25, 0.3) is 5.91 Å². The zero-order chi connectivity index (χ0) is 19.2. The normalized spacial score (nSPS) is 10.9. The number of hydrogen-bond acceptors (Lipinski definition) is 4. The third-order valence-corrected chi connectivity index (χ3v) is 3.64. The minimum atomic E-state index is -0.736. The highest BCUT2D eigenvalue weighted by Gasteiger charge is 2.11. The predicted molar refractivity (Wildman–Crippen MR) is 98.1 cm³/mol. The van der Waals surface area contributed by atoms with Crippen molar-refractivity contribution in [2.45, 2.75) is 0 Å². The van der Waals surface area contributed by atoms with E-state index < -0.39 is 18.5 Å². The van der Waals surface area contributed by atoms with Gasteiger partial charge < -0.3 is 10.5 Å². The summed E-state index contributed by atoms with van der Waals surface area (Å²) >= 11 is 0. The number of esters is 1. The first kappa shape index (κ1) is 18.1. The predicted octanol–water partition coefficient (Wildman–Crippen LogP) is 2.72. The van der Waals surface area contributed by atoms with Crippen molar-refractivity contribution in [3.8, 4) is 16.9 Å². The monoisotopic (exact) mass is 365 g/mol. The molecule has 3 rings (SSSR count). The molecule has 136 valence electrons. The lowest BCUT2D eigenvalue weighted by molar-refractivity contribution is -0.142. The van der Waals surface area contributed by atoms with Gasteiger partial charge in [0.1, 0.15) is 5.82 Å². The van der Waals surface area contributed by atoms with Crippen LogP contribution in [0.2, 0.25) is 0 Å². The maximum Gasteiger partial charge on any atom is 0.331 e. The van der Waals surface area contributed by atoms with E-state index in [-0.39, 0.29) is 5.82 Å². The second-order valence-corrected chi connectivity index (χ2v) is 5.63. The highest BCUT2D eigenvalue weighted by Crippen LogP contribution is 2.25. The fraction of sp³-hybridized carbons (Fsp3) is 0.0500. The molecule has 1 aromatic heterocycles. The van der Waals surface area contributed by atoms with E-state index in [9.17, 15) is 14.0 Å². The number of primary amides is 1. The van der Waals surface area contributed by atoms with Crippen molar-refractivity contribution in [1.82, 2.24) is 9.78 Å². The zero-order valence-electron chi connectivity index (χ0n) is 14.2. The van der Waals surface area contributed by atoms with E-state index in [1.54, 1.807) is 23.0 Å². The molecular formula is C20H16FN3O3. The molecule has 0 unspecified atom stereocenters. The van der Waals surface area contributed by atoms with Gasteiger partial charge in [-0.05, 0) is 42.5 Å². The Balaban J connectivity index is 1.95. The number of hydrogen-bond donors (Lipinski definition) is 1. The van der Waals surface area contributed by atoms with Crippen molar-refractivity contribution >= 4 is 18.0 Å². The molecule has 0 fully saturated rings. The molecule has 2 N–H and O–H groups in total. The fourth-order valence-electron chi connectivity index (χ4n) is 2.40. The lowest BCUT2D eigenvalue weighted by Gasteiger charge is -2.00. The number of carbonyl (C=O) groups is 2. The van der Waals surface area contributed by atoms with Crippen LogP contribution in [0, 0.1) is 5.82 Å². The smallest absolute Gasteiger partial charge is 0.331 e. The van der Waals surface area contributed by atoms with E-state index in [2.05, 4.69) is 5.10 Å².